The van der Waals surface area contributed by atoms with Crippen LogP contribution in [0.1, 0.15) is 16.1 Å². The van der Waals surface area contributed by atoms with E-state index in [1.165, 1.54) is 13.4 Å². The minimum atomic E-state index is -0.469. The minimum Gasteiger partial charge on any atom is -0.463 e. The first kappa shape index (κ1) is 12.7. The maximum atomic E-state index is 11.4. The fourth-order valence-corrected chi connectivity index (χ4v) is 1.97. The number of furan rings is 1. The average molecular weight is 310 g/mol. The second-order valence-electron chi connectivity index (χ2n) is 3.60. The van der Waals surface area contributed by atoms with Crippen molar-refractivity contribution in [1.82, 2.24) is 0 Å². The number of para-hydroxylation sites is 1. The van der Waals surface area contributed by atoms with Crippen molar-refractivity contribution >= 4 is 27.6 Å². The maximum absolute atomic E-state index is 11.4. The molecule has 0 aliphatic heterocycles. The first-order valence-electron chi connectivity index (χ1n) is 5.35. The summed E-state index contributed by atoms with van der Waals surface area (Å²) in [6.45, 7) is 0.490. The van der Waals surface area contributed by atoms with Gasteiger partial charge in [-0.25, -0.2) is 4.79 Å². The van der Waals surface area contributed by atoms with E-state index in [2.05, 4.69) is 26.0 Å². The summed E-state index contributed by atoms with van der Waals surface area (Å²) in [5.41, 5.74) is 1.71. The van der Waals surface area contributed by atoms with Crippen LogP contribution in [-0.4, -0.2) is 13.1 Å². The number of hydrogen-bond donors (Lipinski definition) is 1. The summed E-state index contributed by atoms with van der Waals surface area (Å²) in [6, 6.07) is 9.51. The van der Waals surface area contributed by atoms with E-state index in [-0.39, 0.29) is 5.76 Å². The lowest BCUT2D eigenvalue weighted by molar-refractivity contribution is 0.0563. The molecule has 0 amide bonds. The van der Waals surface area contributed by atoms with Crippen LogP contribution in [0, 0.1) is 0 Å². The lowest BCUT2D eigenvalue weighted by atomic mass is 10.2. The standard InChI is InChI=1S/C13H12BrNO3/c1-17-13(16)12-9(6-7-18-12)8-15-11-5-3-2-4-10(11)14/h2-7,15H,8H2,1H3. The SMILES string of the molecule is COC(=O)c1occc1CNc1ccccc1Br. The monoisotopic (exact) mass is 309 g/mol. The van der Waals surface area contributed by atoms with Gasteiger partial charge >= 0.3 is 5.97 Å². The van der Waals surface area contributed by atoms with Crippen molar-refractivity contribution in [3.05, 3.63) is 52.4 Å². The lowest BCUT2D eigenvalue weighted by Gasteiger charge is -2.07. The van der Waals surface area contributed by atoms with Crippen LogP contribution in [0.2, 0.25) is 0 Å². The Kier molecular flexibility index (Phi) is 4.04. The zero-order valence-electron chi connectivity index (χ0n) is 9.77. The molecule has 5 heteroatoms. The highest BCUT2D eigenvalue weighted by Crippen LogP contribution is 2.22. The highest BCUT2D eigenvalue weighted by molar-refractivity contribution is 9.10. The number of rotatable bonds is 4. The van der Waals surface area contributed by atoms with Gasteiger partial charge in [-0.3, -0.25) is 0 Å². The van der Waals surface area contributed by atoms with E-state index in [0.717, 1.165) is 15.7 Å². The zero-order chi connectivity index (χ0) is 13.0. The first-order chi connectivity index (χ1) is 8.72. The average Bonchev–Trinajstić information content (AvgIpc) is 2.85. The summed E-state index contributed by atoms with van der Waals surface area (Å²) in [5, 5.41) is 3.22. The number of benzene rings is 1. The molecule has 0 spiro atoms. The molecule has 1 aromatic heterocycles. The lowest BCUT2D eigenvalue weighted by Crippen LogP contribution is -2.06. The van der Waals surface area contributed by atoms with E-state index < -0.39 is 5.97 Å². The topological polar surface area (TPSA) is 51.5 Å². The van der Waals surface area contributed by atoms with Crippen molar-refractivity contribution < 1.29 is 13.9 Å². The molecule has 2 rings (SSSR count). The summed E-state index contributed by atoms with van der Waals surface area (Å²) < 4.78 is 10.7. The van der Waals surface area contributed by atoms with Crippen LogP contribution < -0.4 is 5.32 Å². The van der Waals surface area contributed by atoms with Gasteiger partial charge < -0.3 is 14.5 Å². The van der Waals surface area contributed by atoms with Crippen LogP contribution in [0.15, 0.2) is 45.5 Å². The Morgan fingerprint density at radius 3 is 2.89 bits per heavy atom. The highest BCUT2D eigenvalue weighted by atomic mass is 79.9. The molecule has 1 N–H and O–H groups in total. The van der Waals surface area contributed by atoms with Crippen molar-refractivity contribution in [2.24, 2.45) is 0 Å². The molecule has 2 aromatic rings. The number of carbonyl (C=O) groups excluding carboxylic acids is 1. The van der Waals surface area contributed by atoms with Gasteiger partial charge in [0.15, 0.2) is 0 Å². The molecule has 4 nitrogen and oxygen atoms in total. The summed E-state index contributed by atoms with van der Waals surface area (Å²) >= 11 is 3.44. The predicted octanol–water partition coefficient (Wildman–Crippen LogP) is 3.44. The normalized spacial score (nSPS) is 10.1. The van der Waals surface area contributed by atoms with Gasteiger partial charge in [0.2, 0.25) is 5.76 Å². The van der Waals surface area contributed by atoms with Gasteiger partial charge in [-0.1, -0.05) is 12.1 Å². The summed E-state index contributed by atoms with van der Waals surface area (Å²) in [4.78, 5) is 11.4. The van der Waals surface area contributed by atoms with Gasteiger partial charge in [0.05, 0.1) is 13.4 Å². The quantitative estimate of drug-likeness (QED) is 0.879. The van der Waals surface area contributed by atoms with Gasteiger partial charge in [0.1, 0.15) is 0 Å². The molecular formula is C13H12BrNO3. The Morgan fingerprint density at radius 1 is 1.39 bits per heavy atom. The molecule has 94 valence electrons. The predicted molar refractivity (Wildman–Crippen MR) is 71.5 cm³/mol. The second kappa shape index (κ2) is 5.73. The number of carbonyl (C=O) groups is 1. The van der Waals surface area contributed by atoms with Crippen LogP contribution >= 0.6 is 15.9 Å². The number of nitrogens with one attached hydrogen (secondary N) is 1. The highest BCUT2D eigenvalue weighted by Gasteiger charge is 2.15. The minimum absolute atomic E-state index is 0.233. The molecule has 0 radical (unpaired) electrons. The van der Waals surface area contributed by atoms with E-state index in [1.807, 2.05) is 24.3 Å². The van der Waals surface area contributed by atoms with Gasteiger partial charge in [0.25, 0.3) is 0 Å². The fraction of sp³-hybridized carbons (Fsp3) is 0.154. The molecule has 0 aliphatic rings. The van der Waals surface area contributed by atoms with Gasteiger partial charge in [-0.15, -0.1) is 0 Å². The molecule has 0 bridgehead atoms. The molecule has 0 unspecified atom stereocenters. The number of methoxy groups -OCH3 is 1. The Morgan fingerprint density at radius 2 is 2.17 bits per heavy atom. The molecule has 0 aliphatic carbocycles. The molecular weight excluding hydrogens is 298 g/mol. The van der Waals surface area contributed by atoms with E-state index in [4.69, 9.17) is 4.42 Å². The Hall–Kier alpha value is -1.75. The van der Waals surface area contributed by atoms with Gasteiger partial charge in [-0.05, 0) is 34.1 Å². The molecule has 0 saturated heterocycles. The smallest absolute Gasteiger partial charge is 0.374 e. The van der Waals surface area contributed by atoms with Crippen LogP contribution in [0.5, 0.6) is 0 Å². The van der Waals surface area contributed by atoms with Crippen molar-refractivity contribution in [1.29, 1.82) is 0 Å². The van der Waals surface area contributed by atoms with Gasteiger partial charge in [0, 0.05) is 22.3 Å². The number of hydrogen-bond acceptors (Lipinski definition) is 4. The van der Waals surface area contributed by atoms with Crippen LogP contribution in [0.4, 0.5) is 5.69 Å². The molecule has 18 heavy (non-hydrogen) atoms. The maximum Gasteiger partial charge on any atom is 0.374 e. The summed E-state index contributed by atoms with van der Waals surface area (Å²) in [5.74, 6) is -0.235. The van der Waals surface area contributed by atoms with Crippen molar-refractivity contribution in [3.63, 3.8) is 0 Å². The second-order valence-corrected chi connectivity index (χ2v) is 4.45. The molecule has 0 atom stereocenters. The number of anilines is 1. The Bertz CT molecular complexity index is 551. The number of halogens is 1. The molecule has 0 saturated carbocycles. The summed E-state index contributed by atoms with van der Waals surface area (Å²) in [7, 11) is 1.33. The summed E-state index contributed by atoms with van der Waals surface area (Å²) in [6.07, 6.45) is 1.48. The fourth-order valence-electron chi connectivity index (χ4n) is 1.54. The third kappa shape index (κ3) is 2.73. The third-order valence-corrected chi connectivity index (χ3v) is 3.15. The first-order valence-corrected chi connectivity index (χ1v) is 6.14. The van der Waals surface area contributed by atoms with Crippen molar-refractivity contribution in [3.8, 4) is 0 Å². The molecule has 0 fully saturated rings. The van der Waals surface area contributed by atoms with E-state index in [1.54, 1.807) is 6.07 Å². The Balaban J connectivity index is 2.09. The van der Waals surface area contributed by atoms with Crippen LogP contribution in [-0.2, 0) is 11.3 Å². The van der Waals surface area contributed by atoms with E-state index in [0.29, 0.717) is 6.54 Å². The van der Waals surface area contributed by atoms with Gasteiger partial charge in [-0.2, -0.15) is 0 Å². The largest absolute Gasteiger partial charge is 0.463 e. The number of esters is 1. The van der Waals surface area contributed by atoms with Crippen LogP contribution in [0.25, 0.3) is 0 Å². The number of ether oxygens (including phenoxy) is 1. The molecule has 1 aromatic carbocycles. The van der Waals surface area contributed by atoms with Crippen molar-refractivity contribution in [2.45, 2.75) is 6.54 Å². The van der Waals surface area contributed by atoms with Crippen molar-refractivity contribution in [2.75, 3.05) is 12.4 Å². The molecule has 1 heterocycles. The Labute approximate surface area is 113 Å². The van der Waals surface area contributed by atoms with E-state index in [9.17, 15) is 4.79 Å². The van der Waals surface area contributed by atoms with Crippen LogP contribution in [0.3, 0.4) is 0 Å². The zero-order valence-corrected chi connectivity index (χ0v) is 11.4. The van der Waals surface area contributed by atoms with E-state index >= 15 is 0 Å². The third-order valence-electron chi connectivity index (χ3n) is 2.46.